The topological polar surface area (TPSA) is 67.8 Å². The third kappa shape index (κ3) is 3.28. The molecular formula is C16H17ClN2O2. The molecule has 3 N–H and O–H groups in total. The van der Waals surface area contributed by atoms with Gasteiger partial charge in [-0.05, 0) is 56.2 Å². The number of amidine groups is 1. The molecule has 0 heterocycles. The third-order valence-corrected chi connectivity index (χ3v) is 3.75. The van der Waals surface area contributed by atoms with Gasteiger partial charge in [0.2, 0.25) is 0 Å². The average Bonchev–Trinajstić information content (AvgIpc) is 2.45. The second kappa shape index (κ2) is 6.06. The van der Waals surface area contributed by atoms with Crippen LogP contribution < -0.4 is 10.5 Å². The third-order valence-electron chi connectivity index (χ3n) is 3.16. The molecule has 5 heteroatoms. The zero-order valence-corrected chi connectivity index (χ0v) is 12.9. The molecule has 0 unspecified atom stereocenters. The number of hydrogen-bond acceptors (Lipinski definition) is 3. The second-order valence-electron chi connectivity index (χ2n) is 4.96. The Hall–Kier alpha value is -2.20. The Bertz CT molecular complexity index is 688. The Morgan fingerprint density at radius 1 is 1.14 bits per heavy atom. The maximum absolute atomic E-state index is 8.88. The lowest BCUT2D eigenvalue weighted by Crippen LogP contribution is -2.14. The van der Waals surface area contributed by atoms with Crippen molar-refractivity contribution in [1.82, 2.24) is 0 Å². The van der Waals surface area contributed by atoms with Crippen molar-refractivity contribution in [3.05, 3.63) is 57.6 Å². The number of hydrogen-bond donors (Lipinski definition) is 2. The van der Waals surface area contributed by atoms with Gasteiger partial charge in [-0.15, -0.1) is 0 Å². The van der Waals surface area contributed by atoms with Crippen LogP contribution in [0, 0.1) is 20.8 Å². The summed E-state index contributed by atoms with van der Waals surface area (Å²) in [5.74, 6) is 1.19. The molecule has 0 radical (unpaired) electrons. The zero-order valence-electron chi connectivity index (χ0n) is 12.1. The number of nitrogens with two attached hydrogens (primary N) is 1. The molecule has 0 spiro atoms. The standard InChI is InChI=1S/C16H17ClN2O2/c1-9-4-5-14(13(6-9)16(18)19-20)21-12-7-10(2)15(17)11(3)8-12/h4-8,20H,1-3H3,(H2,18,19). The number of aryl methyl sites for hydroxylation is 3. The quantitative estimate of drug-likeness (QED) is 0.387. The van der Waals surface area contributed by atoms with E-state index >= 15 is 0 Å². The van der Waals surface area contributed by atoms with Crippen LogP contribution in [-0.4, -0.2) is 11.0 Å². The second-order valence-corrected chi connectivity index (χ2v) is 5.34. The molecule has 4 nitrogen and oxygen atoms in total. The maximum Gasteiger partial charge on any atom is 0.173 e. The number of ether oxygens (including phenoxy) is 1. The number of benzene rings is 2. The normalized spacial score (nSPS) is 11.5. The predicted molar refractivity (Wildman–Crippen MR) is 84.7 cm³/mol. The van der Waals surface area contributed by atoms with Gasteiger partial charge in [0.1, 0.15) is 11.5 Å². The lowest BCUT2D eigenvalue weighted by Gasteiger charge is -2.13. The van der Waals surface area contributed by atoms with Crippen molar-refractivity contribution in [2.24, 2.45) is 10.9 Å². The summed E-state index contributed by atoms with van der Waals surface area (Å²) >= 11 is 6.15. The SMILES string of the molecule is Cc1ccc(Oc2cc(C)c(Cl)c(C)c2)c(/C(N)=N/O)c1. The number of oxime groups is 1. The number of halogens is 1. The molecule has 2 aromatic carbocycles. The van der Waals surface area contributed by atoms with Crippen molar-refractivity contribution < 1.29 is 9.94 Å². The minimum Gasteiger partial charge on any atom is -0.457 e. The van der Waals surface area contributed by atoms with E-state index in [9.17, 15) is 0 Å². The highest BCUT2D eigenvalue weighted by Gasteiger charge is 2.11. The first-order chi connectivity index (χ1) is 9.92. The maximum atomic E-state index is 8.88. The van der Waals surface area contributed by atoms with E-state index in [2.05, 4.69) is 5.16 Å². The van der Waals surface area contributed by atoms with Crippen LogP contribution in [0.2, 0.25) is 5.02 Å². The summed E-state index contributed by atoms with van der Waals surface area (Å²) < 4.78 is 5.87. The summed E-state index contributed by atoms with van der Waals surface area (Å²) in [5.41, 5.74) is 9.11. The van der Waals surface area contributed by atoms with Crippen molar-refractivity contribution in [2.75, 3.05) is 0 Å². The molecular weight excluding hydrogens is 288 g/mol. The molecule has 0 aliphatic carbocycles. The van der Waals surface area contributed by atoms with Gasteiger partial charge in [0.15, 0.2) is 5.84 Å². The van der Waals surface area contributed by atoms with Crippen LogP contribution in [-0.2, 0) is 0 Å². The van der Waals surface area contributed by atoms with Crippen LogP contribution in [0.3, 0.4) is 0 Å². The van der Waals surface area contributed by atoms with E-state index in [1.54, 1.807) is 12.1 Å². The Balaban J connectivity index is 2.45. The lowest BCUT2D eigenvalue weighted by atomic mass is 10.1. The Labute approximate surface area is 128 Å². The summed E-state index contributed by atoms with van der Waals surface area (Å²) in [6.45, 7) is 5.76. The first-order valence-corrected chi connectivity index (χ1v) is 6.83. The highest BCUT2D eigenvalue weighted by molar-refractivity contribution is 6.32. The summed E-state index contributed by atoms with van der Waals surface area (Å²) in [7, 11) is 0. The van der Waals surface area contributed by atoms with E-state index in [0.717, 1.165) is 21.7 Å². The highest BCUT2D eigenvalue weighted by atomic mass is 35.5. The number of rotatable bonds is 3. The van der Waals surface area contributed by atoms with E-state index < -0.39 is 0 Å². The van der Waals surface area contributed by atoms with Gasteiger partial charge in [0.05, 0.1) is 5.56 Å². The van der Waals surface area contributed by atoms with Crippen LogP contribution in [0.5, 0.6) is 11.5 Å². The average molecular weight is 305 g/mol. The Morgan fingerprint density at radius 3 is 2.33 bits per heavy atom. The minimum absolute atomic E-state index is 0.0103. The molecule has 21 heavy (non-hydrogen) atoms. The van der Waals surface area contributed by atoms with Crippen molar-refractivity contribution in [1.29, 1.82) is 0 Å². The fourth-order valence-corrected chi connectivity index (χ4v) is 2.19. The smallest absolute Gasteiger partial charge is 0.173 e. The van der Waals surface area contributed by atoms with Gasteiger partial charge in [-0.25, -0.2) is 0 Å². The van der Waals surface area contributed by atoms with Gasteiger partial charge < -0.3 is 15.7 Å². The van der Waals surface area contributed by atoms with E-state index in [0.29, 0.717) is 17.1 Å². The van der Waals surface area contributed by atoms with Gasteiger partial charge in [-0.2, -0.15) is 0 Å². The monoisotopic (exact) mass is 304 g/mol. The van der Waals surface area contributed by atoms with E-state index in [4.69, 9.17) is 27.3 Å². The molecule has 0 aromatic heterocycles. The molecule has 0 atom stereocenters. The van der Waals surface area contributed by atoms with Crippen LogP contribution in [0.15, 0.2) is 35.5 Å². The highest BCUT2D eigenvalue weighted by Crippen LogP contribution is 2.31. The summed E-state index contributed by atoms with van der Waals surface area (Å²) in [6, 6.07) is 9.21. The molecule has 0 bridgehead atoms. The molecule has 0 aliphatic heterocycles. The van der Waals surface area contributed by atoms with E-state index in [1.165, 1.54) is 0 Å². The van der Waals surface area contributed by atoms with Crippen molar-refractivity contribution in [2.45, 2.75) is 20.8 Å². The fourth-order valence-electron chi connectivity index (χ4n) is 2.08. The predicted octanol–water partition coefficient (Wildman–Crippen LogP) is 4.15. The molecule has 0 saturated heterocycles. The molecule has 0 fully saturated rings. The first-order valence-electron chi connectivity index (χ1n) is 6.45. The zero-order chi connectivity index (χ0) is 15.6. The Morgan fingerprint density at radius 2 is 1.76 bits per heavy atom. The van der Waals surface area contributed by atoms with Crippen LogP contribution >= 0.6 is 11.6 Å². The largest absolute Gasteiger partial charge is 0.457 e. The first kappa shape index (κ1) is 15.2. The molecule has 0 saturated carbocycles. The molecule has 0 aliphatic rings. The van der Waals surface area contributed by atoms with Crippen molar-refractivity contribution in [3.8, 4) is 11.5 Å². The summed E-state index contributed by atoms with van der Waals surface area (Å²) in [5, 5.41) is 12.7. The van der Waals surface area contributed by atoms with Gasteiger partial charge in [0.25, 0.3) is 0 Å². The number of nitrogens with zero attached hydrogens (tertiary/aromatic N) is 1. The van der Waals surface area contributed by atoms with E-state index in [-0.39, 0.29) is 5.84 Å². The molecule has 110 valence electrons. The van der Waals surface area contributed by atoms with Crippen molar-refractivity contribution >= 4 is 17.4 Å². The summed E-state index contributed by atoms with van der Waals surface area (Å²) in [6.07, 6.45) is 0. The van der Waals surface area contributed by atoms with Crippen molar-refractivity contribution in [3.63, 3.8) is 0 Å². The van der Waals surface area contributed by atoms with E-state index in [1.807, 2.05) is 39.0 Å². The molecule has 2 aromatic rings. The van der Waals surface area contributed by atoms with Gasteiger partial charge >= 0.3 is 0 Å². The van der Waals surface area contributed by atoms with Gasteiger partial charge in [-0.1, -0.05) is 28.4 Å². The van der Waals surface area contributed by atoms with Gasteiger partial charge in [0, 0.05) is 5.02 Å². The van der Waals surface area contributed by atoms with Gasteiger partial charge in [-0.3, -0.25) is 0 Å². The lowest BCUT2D eigenvalue weighted by molar-refractivity contribution is 0.318. The summed E-state index contributed by atoms with van der Waals surface area (Å²) in [4.78, 5) is 0. The van der Waals surface area contributed by atoms with Crippen LogP contribution in [0.1, 0.15) is 22.3 Å². The molecule has 2 rings (SSSR count). The Kier molecular flexibility index (Phi) is 4.38. The molecule has 0 amide bonds. The van der Waals surface area contributed by atoms with Crippen LogP contribution in [0.4, 0.5) is 0 Å². The van der Waals surface area contributed by atoms with Crippen LogP contribution in [0.25, 0.3) is 0 Å². The minimum atomic E-state index is 0.0103. The fraction of sp³-hybridized carbons (Fsp3) is 0.188.